The number of benzene rings is 1. The molecule has 0 radical (unpaired) electrons. The molecule has 0 bridgehead atoms. The van der Waals surface area contributed by atoms with Crippen LogP contribution in [0.1, 0.15) is 10.4 Å². The van der Waals surface area contributed by atoms with Crippen molar-refractivity contribution in [3.05, 3.63) is 48.9 Å². The van der Waals surface area contributed by atoms with Crippen molar-refractivity contribution in [3.63, 3.8) is 0 Å². The lowest BCUT2D eigenvalue weighted by Gasteiger charge is -2.12. The highest BCUT2D eigenvalue weighted by molar-refractivity contribution is 6.56. The molecule has 0 N–H and O–H groups in total. The van der Waals surface area contributed by atoms with E-state index in [1.165, 1.54) is 6.07 Å². The van der Waals surface area contributed by atoms with E-state index in [0.29, 0.717) is 11.8 Å². The summed E-state index contributed by atoms with van der Waals surface area (Å²) in [6.07, 6.45) is 1.49. The molecule has 2 aromatic rings. The average molecular weight is 373 g/mol. The Morgan fingerprint density at radius 3 is 1.95 bits per heavy atom. The normalized spacial score (nSPS) is 10.7. The van der Waals surface area contributed by atoms with Crippen molar-refractivity contribution < 1.29 is 9.18 Å². The first-order valence-electron chi connectivity index (χ1n) is 5.01. The number of pyridine rings is 1. The Morgan fingerprint density at radius 1 is 0.950 bits per heavy atom. The van der Waals surface area contributed by atoms with E-state index in [1.807, 2.05) is 0 Å². The molecule has 2 nitrogen and oxygen atoms in total. The number of rotatable bonds is 2. The van der Waals surface area contributed by atoms with Crippen LogP contribution in [0.2, 0.25) is 25.1 Å². The van der Waals surface area contributed by atoms with Crippen LogP contribution in [0.3, 0.4) is 0 Å². The minimum atomic E-state index is -0.901. The second kappa shape index (κ2) is 6.04. The van der Waals surface area contributed by atoms with Gasteiger partial charge in [-0.15, -0.1) is 0 Å². The topological polar surface area (TPSA) is 30.0 Å². The molecular formula is C12H3Cl5FNO. The van der Waals surface area contributed by atoms with Crippen molar-refractivity contribution >= 4 is 64.3 Å². The summed E-state index contributed by atoms with van der Waals surface area (Å²) in [5, 5.41) is 0.106. The first kappa shape index (κ1) is 15.8. The monoisotopic (exact) mass is 371 g/mol. The Labute approximate surface area is 138 Å². The lowest BCUT2D eigenvalue weighted by atomic mass is 10.1. The maximum atomic E-state index is 13.2. The molecule has 1 heterocycles. The van der Waals surface area contributed by atoms with Gasteiger partial charge < -0.3 is 0 Å². The molecule has 0 aliphatic heterocycles. The molecule has 1 aromatic heterocycles. The number of carbonyl (C=O) groups is 1. The van der Waals surface area contributed by atoms with Gasteiger partial charge in [0.05, 0.1) is 30.7 Å². The summed E-state index contributed by atoms with van der Waals surface area (Å²) in [7, 11) is 0. The van der Waals surface area contributed by atoms with Crippen LogP contribution >= 0.6 is 58.0 Å². The molecule has 104 valence electrons. The highest BCUT2D eigenvalue weighted by Crippen LogP contribution is 2.48. The minimum absolute atomic E-state index is 0.00899. The molecule has 0 spiro atoms. The van der Waals surface area contributed by atoms with Gasteiger partial charge in [-0.05, 0) is 6.07 Å². The van der Waals surface area contributed by atoms with Gasteiger partial charge in [-0.25, -0.2) is 4.98 Å². The van der Waals surface area contributed by atoms with E-state index in [0.717, 1.165) is 6.20 Å². The van der Waals surface area contributed by atoms with Gasteiger partial charge in [-0.2, -0.15) is 4.39 Å². The molecule has 20 heavy (non-hydrogen) atoms. The van der Waals surface area contributed by atoms with Crippen molar-refractivity contribution in [2.45, 2.75) is 0 Å². The van der Waals surface area contributed by atoms with Gasteiger partial charge in [0, 0.05) is 17.3 Å². The second-order valence-electron chi connectivity index (χ2n) is 3.67. The maximum absolute atomic E-state index is 13.2. The summed E-state index contributed by atoms with van der Waals surface area (Å²) >= 11 is 29.9. The minimum Gasteiger partial charge on any atom is -0.298 e. The Morgan fingerprint density at radius 2 is 1.45 bits per heavy atom. The van der Waals surface area contributed by atoms with Crippen LogP contribution in [-0.2, 0) is 0 Å². The zero-order chi connectivity index (χ0) is 15.0. The van der Waals surface area contributed by atoms with Gasteiger partial charge in [0.2, 0.25) is 5.95 Å². The summed E-state index contributed by atoms with van der Waals surface area (Å²) in [4.78, 5) is 14.2. The van der Waals surface area contributed by atoms with Crippen molar-refractivity contribution in [1.29, 1.82) is 0 Å². The predicted octanol–water partition coefficient (Wildman–Crippen LogP) is 5.97. The van der Waals surface area contributed by atoms with E-state index in [1.54, 1.807) is 0 Å². The number of aromatic nitrogens is 1. The summed E-state index contributed by atoms with van der Waals surface area (Å²) < 4.78 is 13.2. The number of nitrogens with zero attached hydrogens (tertiary/aromatic N) is 1. The van der Waals surface area contributed by atoms with E-state index in [9.17, 15) is 9.18 Å². The number of hydrogen-bond acceptors (Lipinski definition) is 2. The molecule has 0 atom stereocenters. The van der Waals surface area contributed by atoms with E-state index >= 15 is 0 Å². The number of aldehydes is 1. The Kier molecular flexibility index (Phi) is 4.77. The molecule has 2 rings (SSSR count). The molecule has 0 saturated heterocycles. The lowest BCUT2D eigenvalue weighted by molar-refractivity contribution is 0.111. The highest BCUT2D eigenvalue weighted by atomic mass is 35.5. The van der Waals surface area contributed by atoms with Crippen LogP contribution in [-0.4, -0.2) is 11.3 Å². The summed E-state index contributed by atoms with van der Waals surface area (Å²) in [5.41, 5.74) is 0.282. The van der Waals surface area contributed by atoms with Crippen LogP contribution in [0, 0.1) is 5.95 Å². The van der Waals surface area contributed by atoms with E-state index < -0.39 is 5.95 Å². The fraction of sp³-hybridized carbons (Fsp3) is 0. The molecular weight excluding hydrogens is 370 g/mol. The molecule has 8 heteroatoms. The average Bonchev–Trinajstić information content (AvgIpc) is 2.45. The predicted molar refractivity (Wildman–Crippen MR) is 80.1 cm³/mol. The van der Waals surface area contributed by atoms with Gasteiger partial charge in [0.25, 0.3) is 0 Å². The van der Waals surface area contributed by atoms with Crippen molar-refractivity contribution in [2.75, 3.05) is 0 Å². The third-order valence-electron chi connectivity index (χ3n) is 2.49. The number of halogens is 6. The molecule has 0 saturated carbocycles. The summed E-state index contributed by atoms with van der Waals surface area (Å²) in [6, 6.07) is 1.24. The fourth-order valence-corrected chi connectivity index (χ4v) is 2.90. The van der Waals surface area contributed by atoms with Gasteiger partial charge in [-0.1, -0.05) is 58.0 Å². The van der Waals surface area contributed by atoms with Gasteiger partial charge in [0.15, 0.2) is 6.29 Å². The zero-order valence-electron chi connectivity index (χ0n) is 9.36. The lowest BCUT2D eigenvalue weighted by Crippen LogP contribution is -1.94. The molecule has 0 aliphatic carbocycles. The first-order valence-corrected chi connectivity index (χ1v) is 6.90. The molecule has 0 unspecified atom stereocenters. The first-order chi connectivity index (χ1) is 9.38. The fourth-order valence-electron chi connectivity index (χ4n) is 1.54. The van der Waals surface area contributed by atoms with E-state index in [4.69, 9.17) is 58.0 Å². The van der Waals surface area contributed by atoms with Crippen LogP contribution in [0.5, 0.6) is 0 Å². The van der Waals surface area contributed by atoms with Crippen LogP contribution in [0.15, 0.2) is 12.3 Å². The SMILES string of the molecule is O=Cc1cc(-c2c(Cl)c(Cl)c(Cl)c(Cl)c2Cl)cnc1F. The van der Waals surface area contributed by atoms with Gasteiger partial charge >= 0.3 is 0 Å². The smallest absolute Gasteiger partial charge is 0.223 e. The zero-order valence-corrected chi connectivity index (χ0v) is 13.1. The van der Waals surface area contributed by atoms with E-state index in [2.05, 4.69) is 4.98 Å². The largest absolute Gasteiger partial charge is 0.298 e. The van der Waals surface area contributed by atoms with Crippen molar-refractivity contribution in [1.82, 2.24) is 4.98 Å². The number of hydrogen-bond donors (Lipinski definition) is 0. The third-order valence-corrected chi connectivity index (χ3v) is 4.77. The summed E-state index contributed by atoms with van der Waals surface area (Å²) in [6.45, 7) is 0. The van der Waals surface area contributed by atoms with Crippen LogP contribution in [0.4, 0.5) is 4.39 Å². The molecule has 1 aromatic carbocycles. The maximum Gasteiger partial charge on any atom is 0.223 e. The van der Waals surface area contributed by atoms with Crippen molar-refractivity contribution in [3.8, 4) is 11.1 Å². The quantitative estimate of drug-likeness (QED) is 0.281. The second-order valence-corrected chi connectivity index (χ2v) is 5.56. The standard InChI is InChI=1S/C12H3Cl5FNO/c13-7-6(8(14)10(16)11(17)9(7)15)4-1-5(3-20)12(18)19-2-4/h1-3H. The van der Waals surface area contributed by atoms with Crippen LogP contribution in [0.25, 0.3) is 11.1 Å². The van der Waals surface area contributed by atoms with Crippen LogP contribution < -0.4 is 0 Å². The number of carbonyl (C=O) groups excluding carboxylic acids is 1. The highest BCUT2D eigenvalue weighted by Gasteiger charge is 2.21. The Hall–Kier alpha value is -0.580. The third kappa shape index (κ3) is 2.61. The molecule has 0 fully saturated rings. The van der Waals surface area contributed by atoms with E-state index in [-0.39, 0.29) is 36.2 Å². The molecule has 0 aliphatic rings. The van der Waals surface area contributed by atoms with Crippen molar-refractivity contribution in [2.24, 2.45) is 0 Å². The Bertz CT molecular complexity index is 690. The summed E-state index contributed by atoms with van der Waals surface area (Å²) in [5.74, 6) is -0.901. The molecule has 0 amide bonds. The van der Waals surface area contributed by atoms with Gasteiger partial charge in [0.1, 0.15) is 0 Å². The Balaban J connectivity index is 2.79. The van der Waals surface area contributed by atoms with Gasteiger partial charge in [-0.3, -0.25) is 4.79 Å².